The number of nitrogens with zero attached hydrogens (tertiary/aromatic N) is 3. The summed E-state index contributed by atoms with van der Waals surface area (Å²) in [6.07, 6.45) is -0.0695. The largest absolute Gasteiger partial charge is 0.340 e. The fourth-order valence-corrected chi connectivity index (χ4v) is 2.38. The van der Waals surface area contributed by atoms with Crippen LogP contribution in [0.3, 0.4) is 0 Å². The van der Waals surface area contributed by atoms with Crippen molar-refractivity contribution in [3.05, 3.63) is 35.4 Å². The standard InChI is InChI=1S/C15H17F2N3O/c1-11(10-18)19-4-6-20(7-5-19)15(21)8-12-2-3-13(16)9-14(12)17/h2-3,9,11H,4-8H2,1H3. The van der Waals surface area contributed by atoms with Gasteiger partial charge in [0.05, 0.1) is 18.5 Å². The lowest BCUT2D eigenvalue weighted by atomic mass is 10.1. The first-order valence-corrected chi connectivity index (χ1v) is 6.86. The zero-order valence-corrected chi connectivity index (χ0v) is 11.9. The van der Waals surface area contributed by atoms with Crippen LogP contribution in [0.1, 0.15) is 12.5 Å². The van der Waals surface area contributed by atoms with Gasteiger partial charge in [-0.1, -0.05) is 6.07 Å². The molecule has 0 aromatic heterocycles. The van der Waals surface area contributed by atoms with E-state index in [1.165, 1.54) is 6.07 Å². The second-order valence-electron chi connectivity index (χ2n) is 5.13. The van der Waals surface area contributed by atoms with Gasteiger partial charge in [-0.15, -0.1) is 0 Å². The Morgan fingerprint density at radius 1 is 1.33 bits per heavy atom. The van der Waals surface area contributed by atoms with Gasteiger partial charge in [-0.25, -0.2) is 8.78 Å². The quantitative estimate of drug-likeness (QED) is 0.850. The Morgan fingerprint density at radius 2 is 2.00 bits per heavy atom. The molecule has 1 unspecified atom stereocenters. The van der Waals surface area contributed by atoms with Crippen LogP contribution in [0.4, 0.5) is 8.78 Å². The molecule has 0 radical (unpaired) electrons. The van der Waals surface area contributed by atoms with Crippen molar-refractivity contribution in [3.8, 4) is 6.07 Å². The topological polar surface area (TPSA) is 47.3 Å². The number of hydrogen-bond acceptors (Lipinski definition) is 3. The van der Waals surface area contributed by atoms with Gasteiger partial charge in [-0.05, 0) is 18.6 Å². The Balaban J connectivity index is 1.92. The van der Waals surface area contributed by atoms with E-state index in [-0.39, 0.29) is 23.9 Å². The van der Waals surface area contributed by atoms with Crippen molar-refractivity contribution in [3.63, 3.8) is 0 Å². The van der Waals surface area contributed by atoms with Crippen LogP contribution >= 0.6 is 0 Å². The van der Waals surface area contributed by atoms with Crippen LogP contribution in [0.5, 0.6) is 0 Å². The average Bonchev–Trinajstić information content (AvgIpc) is 2.49. The van der Waals surface area contributed by atoms with Crippen LogP contribution in [-0.4, -0.2) is 47.9 Å². The van der Waals surface area contributed by atoms with E-state index in [2.05, 4.69) is 6.07 Å². The number of carbonyl (C=O) groups excluding carboxylic acids is 1. The predicted octanol–water partition coefficient (Wildman–Crippen LogP) is 1.56. The third-order valence-electron chi connectivity index (χ3n) is 3.76. The summed E-state index contributed by atoms with van der Waals surface area (Å²) in [5.74, 6) is -1.52. The van der Waals surface area contributed by atoms with Crippen LogP contribution in [0, 0.1) is 23.0 Å². The maximum Gasteiger partial charge on any atom is 0.227 e. The van der Waals surface area contributed by atoms with Gasteiger partial charge in [0.2, 0.25) is 5.91 Å². The molecule has 0 N–H and O–H groups in total. The normalized spacial score (nSPS) is 17.3. The van der Waals surface area contributed by atoms with Crippen molar-refractivity contribution in [2.45, 2.75) is 19.4 Å². The highest BCUT2D eigenvalue weighted by Crippen LogP contribution is 2.13. The fourth-order valence-electron chi connectivity index (χ4n) is 2.38. The van der Waals surface area contributed by atoms with Crippen molar-refractivity contribution in [2.24, 2.45) is 0 Å². The van der Waals surface area contributed by atoms with Crippen LogP contribution < -0.4 is 0 Å². The summed E-state index contributed by atoms with van der Waals surface area (Å²) in [4.78, 5) is 15.8. The molecule has 21 heavy (non-hydrogen) atoms. The van der Waals surface area contributed by atoms with Crippen molar-refractivity contribution < 1.29 is 13.6 Å². The number of nitriles is 1. The number of rotatable bonds is 3. The molecule has 1 aromatic carbocycles. The van der Waals surface area contributed by atoms with E-state index in [1.807, 2.05) is 11.8 Å². The summed E-state index contributed by atoms with van der Waals surface area (Å²) in [6.45, 7) is 4.13. The summed E-state index contributed by atoms with van der Waals surface area (Å²) in [5, 5.41) is 8.87. The summed E-state index contributed by atoms with van der Waals surface area (Å²) < 4.78 is 26.4. The number of benzene rings is 1. The van der Waals surface area contributed by atoms with E-state index in [0.717, 1.165) is 12.1 Å². The molecule has 0 aliphatic carbocycles. The summed E-state index contributed by atoms with van der Waals surface area (Å²) in [7, 11) is 0. The van der Waals surface area contributed by atoms with Crippen molar-refractivity contribution >= 4 is 5.91 Å². The zero-order chi connectivity index (χ0) is 15.4. The third-order valence-corrected chi connectivity index (χ3v) is 3.76. The Kier molecular flexibility index (Phi) is 4.86. The van der Waals surface area contributed by atoms with Crippen molar-refractivity contribution in [2.75, 3.05) is 26.2 Å². The van der Waals surface area contributed by atoms with Gasteiger partial charge in [0.1, 0.15) is 11.6 Å². The molecule has 1 aromatic rings. The Labute approximate surface area is 122 Å². The first kappa shape index (κ1) is 15.4. The first-order chi connectivity index (χ1) is 10.0. The van der Waals surface area contributed by atoms with Crippen molar-refractivity contribution in [1.29, 1.82) is 5.26 Å². The second kappa shape index (κ2) is 6.64. The molecule has 6 heteroatoms. The van der Waals surface area contributed by atoms with Crippen LogP contribution in [0.15, 0.2) is 18.2 Å². The van der Waals surface area contributed by atoms with Gasteiger partial charge in [-0.3, -0.25) is 9.69 Å². The minimum absolute atomic E-state index is 0.0695. The molecular weight excluding hydrogens is 276 g/mol. The number of amides is 1. The first-order valence-electron chi connectivity index (χ1n) is 6.86. The Morgan fingerprint density at radius 3 is 2.57 bits per heavy atom. The molecule has 1 amide bonds. The zero-order valence-electron chi connectivity index (χ0n) is 11.9. The van der Waals surface area contributed by atoms with E-state index in [1.54, 1.807) is 4.90 Å². The minimum atomic E-state index is -0.694. The molecule has 1 aliphatic rings. The molecule has 1 saturated heterocycles. The molecule has 4 nitrogen and oxygen atoms in total. The van der Waals surface area contributed by atoms with Gasteiger partial charge >= 0.3 is 0 Å². The summed E-state index contributed by atoms with van der Waals surface area (Å²) in [6, 6.07) is 5.24. The summed E-state index contributed by atoms with van der Waals surface area (Å²) >= 11 is 0. The van der Waals surface area contributed by atoms with E-state index >= 15 is 0 Å². The maximum atomic E-state index is 13.5. The maximum absolute atomic E-state index is 13.5. The van der Waals surface area contributed by atoms with Gasteiger partial charge < -0.3 is 4.90 Å². The van der Waals surface area contributed by atoms with Crippen LogP contribution in [0.2, 0.25) is 0 Å². The molecule has 112 valence electrons. The molecule has 1 heterocycles. The Bertz CT molecular complexity index is 563. The van der Waals surface area contributed by atoms with Crippen LogP contribution in [0.25, 0.3) is 0 Å². The number of halogens is 2. The summed E-state index contributed by atoms with van der Waals surface area (Å²) in [5.41, 5.74) is 0.203. The van der Waals surface area contributed by atoms with Gasteiger partial charge in [0.25, 0.3) is 0 Å². The van der Waals surface area contributed by atoms with Crippen molar-refractivity contribution in [1.82, 2.24) is 9.80 Å². The highest BCUT2D eigenvalue weighted by atomic mass is 19.1. The predicted molar refractivity (Wildman–Crippen MR) is 73.3 cm³/mol. The molecule has 0 bridgehead atoms. The smallest absolute Gasteiger partial charge is 0.227 e. The molecule has 0 spiro atoms. The van der Waals surface area contributed by atoms with Gasteiger partial charge in [0.15, 0.2) is 0 Å². The number of hydrogen-bond donors (Lipinski definition) is 0. The molecule has 1 fully saturated rings. The van der Waals surface area contributed by atoms with E-state index < -0.39 is 11.6 Å². The van der Waals surface area contributed by atoms with Crippen LogP contribution in [-0.2, 0) is 11.2 Å². The van der Waals surface area contributed by atoms with Gasteiger partial charge in [0, 0.05) is 32.2 Å². The Hall–Kier alpha value is -2.00. The molecular formula is C15H17F2N3O. The second-order valence-corrected chi connectivity index (χ2v) is 5.13. The molecule has 0 saturated carbocycles. The lowest BCUT2D eigenvalue weighted by molar-refractivity contribution is -0.132. The highest BCUT2D eigenvalue weighted by molar-refractivity contribution is 5.79. The molecule has 1 atom stereocenters. The SMILES string of the molecule is CC(C#N)N1CCN(C(=O)Cc2ccc(F)cc2F)CC1. The minimum Gasteiger partial charge on any atom is -0.340 e. The molecule has 2 rings (SSSR count). The highest BCUT2D eigenvalue weighted by Gasteiger charge is 2.24. The number of carbonyl (C=O) groups is 1. The van der Waals surface area contributed by atoms with E-state index in [9.17, 15) is 13.6 Å². The lowest BCUT2D eigenvalue weighted by Gasteiger charge is -2.36. The van der Waals surface area contributed by atoms with E-state index in [0.29, 0.717) is 26.2 Å². The average molecular weight is 293 g/mol. The molecule has 1 aliphatic heterocycles. The monoisotopic (exact) mass is 293 g/mol. The van der Waals surface area contributed by atoms with E-state index in [4.69, 9.17) is 5.26 Å². The van der Waals surface area contributed by atoms with Gasteiger partial charge in [-0.2, -0.15) is 5.26 Å². The third kappa shape index (κ3) is 3.76. The lowest BCUT2D eigenvalue weighted by Crippen LogP contribution is -2.51. The number of piperazine rings is 1. The fraction of sp³-hybridized carbons (Fsp3) is 0.467.